The summed E-state index contributed by atoms with van der Waals surface area (Å²) in [5.41, 5.74) is 0. The molecule has 0 saturated carbocycles. The van der Waals surface area contributed by atoms with Crippen molar-refractivity contribution < 1.29 is 4.79 Å². The molecule has 1 fully saturated rings. The molecule has 0 unspecified atom stereocenters. The van der Waals surface area contributed by atoms with E-state index in [-0.39, 0.29) is 10.8 Å². The highest BCUT2D eigenvalue weighted by Crippen LogP contribution is 2.22. The molecule has 0 bridgehead atoms. The number of amides is 2. The van der Waals surface area contributed by atoms with E-state index < -0.39 is 0 Å². The first-order valence-electron chi connectivity index (χ1n) is 8.28. The average molecular weight is 337 g/mol. The van der Waals surface area contributed by atoms with Crippen molar-refractivity contribution in [3.63, 3.8) is 0 Å². The number of thioether (sulfide) groups is 1. The summed E-state index contributed by atoms with van der Waals surface area (Å²) in [7, 11) is 0. The van der Waals surface area contributed by atoms with Gasteiger partial charge in [0.15, 0.2) is 0 Å². The van der Waals surface area contributed by atoms with E-state index in [0.717, 1.165) is 50.7 Å². The molecule has 0 spiro atoms. The lowest BCUT2D eigenvalue weighted by Gasteiger charge is -2.23. The van der Waals surface area contributed by atoms with Gasteiger partial charge in [-0.2, -0.15) is 11.8 Å². The lowest BCUT2D eigenvalue weighted by atomic mass is 10.3. The molecule has 1 aliphatic heterocycles. The van der Waals surface area contributed by atoms with E-state index in [1.54, 1.807) is 0 Å². The van der Waals surface area contributed by atoms with Crippen LogP contribution >= 0.6 is 11.8 Å². The number of urea groups is 1. The van der Waals surface area contributed by atoms with Crippen molar-refractivity contribution in [1.29, 1.82) is 0 Å². The largest absolute Gasteiger partial charge is 0.355 e. The standard InChI is InChI=1S/C17H28N4OS/c1-17(2,3)23-14-9-19-16(22)21-11-6-10-20(12-13-21)15-7-4-5-8-18-15/h4-5,7-8H,6,9-14H2,1-3H3,(H,19,22). The predicted octanol–water partition coefficient (Wildman–Crippen LogP) is 2.84. The van der Waals surface area contributed by atoms with Gasteiger partial charge in [0.1, 0.15) is 5.82 Å². The van der Waals surface area contributed by atoms with E-state index in [0.29, 0.717) is 0 Å². The Balaban J connectivity index is 1.75. The van der Waals surface area contributed by atoms with Gasteiger partial charge in [0.25, 0.3) is 0 Å². The molecule has 0 aliphatic carbocycles. The fourth-order valence-corrected chi connectivity index (χ4v) is 3.33. The van der Waals surface area contributed by atoms with Crippen molar-refractivity contribution in [3.8, 4) is 0 Å². The van der Waals surface area contributed by atoms with E-state index in [1.165, 1.54) is 0 Å². The van der Waals surface area contributed by atoms with Crippen LogP contribution in [0.2, 0.25) is 0 Å². The Kier molecular flexibility index (Phi) is 6.57. The van der Waals surface area contributed by atoms with Crippen molar-refractivity contribution in [2.24, 2.45) is 0 Å². The summed E-state index contributed by atoms with van der Waals surface area (Å²) < 4.78 is 0.247. The molecule has 0 aromatic carbocycles. The van der Waals surface area contributed by atoms with Gasteiger partial charge >= 0.3 is 6.03 Å². The van der Waals surface area contributed by atoms with E-state index >= 15 is 0 Å². The Morgan fingerprint density at radius 3 is 2.78 bits per heavy atom. The third kappa shape index (κ3) is 6.29. The molecule has 1 N–H and O–H groups in total. The topological polar surface area (TPSA) is 48.5 Å². The van der Waals surface area contributed by atoms with E-state index in [2.05, 4.69) is 36.0 Å². The molecule has 1 aromatic rings. The summed E-state index contributed by atoms with van der Waals surface area (Å²) >= 11 is 1.87. The van der Waals surface area contributed by atoms with Crippen LogP contribution in [-0.2, 0) is 0 Å². The lowest BCUT2D eigenvalue weighted by Crippen LogP contribution is -2.43. The second-order valence-electron chi connectivity index (χ2n) is 6.71. The van der Waals surface area contributed by atoms with Gasteiger partial charge in [-0.3, -0.25) is 0 Å². The Morgan fingerprint density at radius 1 is 1.26 bits per heavy atom. The maximum Gasteiger partial charge on any atom is 0.317 e. The number of aromatic nitrogens is 1. The molecule has 2 amide bonds. The van der Waals surface area contributed by atoms with Crippen LogP contribution in [0, 0.1) is 0 Å². The Morgan fingerprint density at radius 2 is 2.09 bits per heavy atom. The van der Waals surface area contributed by atoms with Gasteiger partial charge in [-0.15, -0.1) is 0 Å². The zero-order valence-electron chi connectivity index (χ0n) is 14.4. The van der Waals surface area contributed by atoms with Crippen molar-refractivity contribution in [2.75, 3.05) is 43.4 Å². The summed E-state index contributed by atoms with van der Waals surface area (Å²) in [4.78, 5) is 20.9. The lowest BCUT2D eigenvalue weighted by molar-refractivity contribution is 0.202. The molecule has 1 saturated heterocycles. The second kappa shape index (κ2) is 8.43. The molecule has 5 nitrogen and oxygen atoms in total. The van der Waals surface area contributed by atoms with Gasteiger partial charge in [-0.1, -0.05) is 26.8 Å². The number of pyridine rings is 1. The number of nitrogens with zero attached hydrogens (tertiary/aromatic N) is 3. The number of anilines is 1. The van der Waals surface area contributed by atoms with Crippen molar-refractivity contribution >= 4 is 23.6 Å². The molecule has 0 atom stereocenters. The summed E-state index contributed by atoms with van der Waals surface area (Å²) in [5.74, 6) is 1.94. The third-order valence-electron chi connectivity index (χ3n) is 3.67. The van der Waals surface area contributed by atoms with Crippen LogP contribution < -0.4 is 10.2 Å². The highest BCUT2D eigenvalue weighted by atomic mass is 32.2. The normalized spacial score (nSPS) is 16.1. The molecule has 1 aromatic heterocycles. The number of carbonyl (C=O) groups excluding carboxylic acids is 1. The molecular weight excluding hydrogens is 308 g/mol. The SMILES string of the molecule is CC(C)(C)SCCNC(=O)N1CCCN(c2ccccn2)CC1. The smallest absolute Gasteiger partial charge is 0.317 e. The highest BCUT2D eigenvalue weighted by Gasteiger charge is 2.19. The van der Waals surface area contributed by atoms with Crippen LogP contribution in [0.1, 0.15) is 27.2 Å². The number of hydrogen-bond acceptors (Lipinski definition) is 4. The van der Waals surface area contributed by atoms with Crippen molar-refractivity contribution in [1.82, 2.24) is 15.2 Å². The maximum atomic E-state index is 12.3. The molecule has 128 valence electrons. The number of nitrogens with one attached hydrogen (secondary N) is 1. The van der Waals surface area contributed by atoms with Crippen LogP contribution in [0.5, 0.6) is 0 Å². The summed E-state index contributed by atoms with van der Waals surface area (Å²) in [5, 5.41) is 3.04. The molecule has 2 rings (SSSR count). The predicted molar refractivity (Wildman–Crippen MR) is 98.2 cm³/mol. The molecule has 2 heterocycles. The minimum atomic E-state index is 0.0578. The summed E-state index contributed by atoms with van der Waals surface area (Å²) in [6.07, 6.45) is 2.79. The van der Waals surface area contributed by atoms with Crippen LogP contribution in [0.15, 0.2) is 24.4 Å². The van der Waals surface area contributed by atoms with Crippen LogP contribution in [-0.4, -0.2) is 59.1 Å². The van der Waals surface area contributed by atoms with Gasteiger partial charge in [-0.25, -0.2) is 9.78 Å². The second-order valence-corrected chi connectivity index (χ2v) is 8.63. The monoisotopic (exact) mass is 336 g/mol. The van der Waals surface area contributed by atoms with Gasteiger partial charge in [0.05, 0.1) is 0 Å². The Bertz CT molecular complexity index is 489. The number of rotatable bonds is 4. The molecule has 6 heteroatoms. The van der Waals surface area contributed by atoms with Crippen LogP contribution in [0.3, 0.4) is 0 Å². The maximum absolute atomic E-state index is 12.3. The molecular formula is C17H28N4OS. The van der Waals surface area contributed by atoms with E-state index in [4.69, 9.17) is 0 Å². The van der Waals surface area contributed by atoms with Gasteiger partial charge in [0, 0.05) is 49.4 Å². The Labute approximate surface area is 143 Å². The quantitative estimate of drug-likeness (QED) is 0.859. The summed E-state index contributed by atoms with van der Waals surface area (Å²) in [6, 6.07) is 6.02. The first-order valence-corrected chi connectivity index (χ1v) is 9.27. The van der Waals surface area contributed by atoms with Gasteiger partial charge < -0.3 is 15.1 Å². The minimum Gasteiger partial charge on any atom is -0.355 e. The molecule has 23 heavy (non-hydrogen) atoms. The van der Waals surface area contributed by atoms with E-state index in [1.807, 2.05) is 41.1 Å². The number of hydrogen-bond donors (Lipinski definition) is 1. The van der Waals surface area contributed by atoms with Gasteiger partial charge in [-0.05, 0) is 18.6 Å². The fraction of sp³-hybridized carbons (Fsp3) is 0.647. The van der Waals surface area contributed by atoms with Gasteiger partial charge in [0.2, 0.25) is 0 Å². The highest BCUT2D eigenvalue weighted by molar-refractivity contribution is 8.00. The van der Waals surface area contributed by atoms with Crippen molar-refractivity contribution in [3.05, 3.63) is 24.4 Å². The Hall–Kier alpha value is -1.43. The molecule has 1 aliphatic rings. The zero-order chi connectivity index (χ0) is 16.7. The number of carbonyl (C=O) groups is 1. The first-order chi connectivity index (χ1) is 11.0. The van der Waals surface area contributed by atoms with E-state index in [9.17, 15) is 4.79 Å². The molecule has 0 radical (unpaired) electrons. The first kappa shape index (κ1) is 17.9. The fourth-order valence-electron chi connectivity index (χ4n) is 2.52. The van der Waals surface area contributed by atoms with Crippen LogP contribution in [0.25, 0.3) is 0 Å². The minimum absolute atomic E-state index is 0.0578. The van der Waals surface area contributed by atoms with Crippen molar-refractivity contribution in [2.45, 2.75) is 31.9 Å². The third-order valence-corrected chi connectivity index (χ3v) is 4.94. The summed E-state index contributed by atoms with van der Waals surface area (Å²) in [6.45, 7) is 10.6. The zero-order valence-corrected chi connectivity index (χ0v) is 15.2. The average Bonchev–Trinajstić information content (AvgIpc) is 2.77. The van der Waals surface area contributed by atoms with Crippen LogP contribution in [0.4, 0.5) is 10.6 Å².